The molecule has 0 aromatic heterocycles. The minimum atomic E-state index is -0.631. The molecule has 0 heterocycles. The maximum absolute atomic E-state index is 10.8. The van der Waals surface area contributed by atoms with E-state index in [2.05, 4.69) is 13.0 Å². The van der Waals surface area contributed by atoms with Gasteiger partial charge >= 0.3 is 0 Å². The van der Waals surface area contributed by atoms with E-state index < -0.39 is 12.2 Å². The molecule has 0 amide bonds. The number of aliphatic hydroxyl groups is 2. The Morgan fingerprint density at radius 1 is 1.03 bits per heavy atom. The van der Waals surface area contributed by atoms with Crippen LogP contribution >= 0.6 is 0 Å². The van der Waals surface area contributed by atoms with E-state index in [1.807, 2.05) is 51.1 Å². The molecule has 5 nitrogen and oxygen atoms in total. The molecule has 0 aliphatic rings. The van der Waals surface area contributed by atoms with Gasteiger partial charge in [-0.05, 0) is 49.8 Å². The minimum Gasteiger partial charge on any atom is -0.497 e. The zero-order valence-corrected chi connectivity index (χ0v) is 19.6. The van der Waals surface area contributed by atoms with Crippen LogP contribution in [0, 0.1) is 17.8 Å². The lowest BCUT2D eigenvalue weighted by atomic mass is 9.83. The molecule has 0 saturated carbocycles. The third-order valence-corrected chi connectivity index (χ3v) is 6.01. The fourth-order valence-electron chi connectivity index (χ4n) is 3.87. The summed E-state index contributed by atoms with van der Waals surface area (Å²) in [5, 5.41) is 21.5. The van der Waals surface area contributed by atoms with Gasteiger partial charge in [0.15, 0.2) is 0 Å². The van der Waals surface area contributed by atoms with Crippen LogP contribution in [0.3, 0.4) is 0 Å². The van der Waals surface area contributed by atoms with Crippen LogP contribution in [0.1, 0.15) is 52.5 Å². The largest absolute Gasteiger partial charge is 0.497 e. The third-order valence-electron chi connectivity index (χ3n) is 6.01. The lowest BCUT2D eigenvalue weighted by molar-refractivity contribution is -0.0600. The summed E-state index contributed by atoms with van der Waals surface area (Å²) in [4.78, 5) is 0. The molecule has 1 aromatic carbocycles. The molecule has 6 atom stereocenters. The average Bonchev–Trinajstić information content (AvgIpc) is 2.75. The molecule has 0 unspecified atom stereocenters. The number of hydrogen-bond acceptors (Lipinski definition) is 5. The number of methoxy groups -OCH3 is 2. The monoisotopic (exact) mass is 422 g/mol. The summed E-state index contributed by atoms with van der Waals surface area (Å²) in [6, 6.07) is 7.76. The summed E-state index contributed by atoms with van der Waals surface area (Å²) in [5.74, 6) is 1.02. The minimum absolute atomic E-state index is 0.0217. The summed E-state index contributed by atoms with van der Waals surface area (Å²) in [6.07, 6.45) is 4.86. The maximum atomic E-state index is 10.8. The Kier molecular flexibility index (Phi) is 12.9. The van der Waals surface area contributed by atoms with Gasteiger partial charge in [0.25, 0.3) is 0 Å². The van der Waals surface area contributed by atoms with Crippen molar-refractivity contribution in [3.63, 3.8) is 0 Å². The molecular weight excluding hydrogens is 380 g/mol. The Morgan fingerprint density at radius 2 is 1.70 bits per heavy atom. The van der Waals surface area contributed by atoms with Crippen LogP contribution in [0.15, 0.2) is 36.4 Å². The van der Waals surface area contributed by atoms with E-state index in [1.54, 1.807) is 14.2 Å². The molecular formula is C25H42O5. The molecule has 0 radical (unpaired) electrons. The highest BCUT2D eigenvalue weighted by Crippen LogP contribution is 2.26. The van der Waals surface area contributed by atoms with Gasteiger partial charge in [0.05, 0.1) is 38.6 Å². The van der Waals surface area contributed by atoms with Crippen LogP contribution < -0.4 is 4.74 Å². The van der Waals surface area contributed by atoms with Crippen molar-refractivity contribution in [1.82, 2.24) is 0 Å². The third kappa shape index (κ3) is 8.76. The van der Waals surface area contributed by atoms with Gasteiger partial charge in [0.1, 0.15) is 5.75 Å². The smallest absolute Gasteiger partial charge is 0.118 e. The molecule has 172 valence electrons. The first-order valence-corrected chi connectivity index (χ1v) is 11.1. The predicted octanol–water partition coefficient (Wildman–Crippen LogP) is 4.60. The predicted molar refractivity (Wildman–Crippen MR) is 122 cm³/mol. The van der Waals surface area contributed by atoms with Crippen LogP contribution in [0.25, 0.3) is 0 Å². The zero-order valence-electron chi connectivity index (χ0n) is 19.6. The Labute approximate surface area is 183 Å². The van der Waals surface area contributed by atoms with Gasteiger partial charge in [-0.15, -0.1) is 0 Å². The van der Waals surface area contributed by atoms with Crippen molar-refractivity contribution in [2.75, 3.05) is 20.8 Å². The van der Waals surface area contributed by atoms with Crippen LogP contribution in [0.5, 0.6) is 5.75 Å². The molecule has 0 spiro atoms. The second-order valence-corrected chi connectivity index (χ2v) is 8.24. The number of aliphatic hydroxyl groups excluding tert-OH is 2. The number of rotatable bonds is 15. The fraction of sp³-hybridized carbons (Fsp3) is 0.680. The molecule has 5 heteroatoms. The maximum Gasteiger partial charge on any atom is 0.118 e. The van der Waals surface area contributed by atoms with Gasteiger partial charge in [0, 0.05) is 18.9 Å². The number of benzene rings is 1. The lowest BCUT2D eigenvalue weighted by Crippen LogP contribution is -2.39. The Hall–Kier alpha value is -1.40. The molecule has 2 N–H and O–H groups in total. The van der Waals surface area contributed by atoms with E-state index in [0.29, 0.717) is 25.6 Å². The fourth-order valence-corrected chi connectivity index (χ4v) is 3.87. The van der Waals surface area contributed by atoms with E-state index in [1.165, 1.54) is 0 Å². The topological polar surface area (TPSA) is 68.2 Å². The second-order valence-electron chi connectivity index (χ2n) is 8.24. The van der Waals surface area contributed by atoms with Gasteiger partial charge in [-0.3, -0.25) is 0 Å². The summed E-state index contributed by atoms with van der Waals surface area (Å²) < 4.78 is 16.7. The quantitative estimate of drug-likeness (QED) is 0.404. The van der Waals surface area contributed by atoms with Crippen molar-refractivity contribution in [2.24, 2.45) is 17.8 Å². The van der Waals surface area contributed by atoms with E-state index in [0.717, 1.165) is 24.2 Å². The molecule has 1 aromatic rings. The molecule has 1 rings (SSSR count). The number of hydrogen-bond donors (Lipinski definition) is 2. The first-order chi connectivity index (χ1) is 14.4. The summed E-state index contributed by atoms with van der Waals surface area (Å²) in [5.41, 5.74) is 1.06. The molecule has 0 saturated heterocycles. The van der Waals surface area contributed by atoms with E-state index in [4.69, 9.17) is 14.2 Å². The van der Waals surface area contributed by atoms with Crippen molar-refractivity contribution in [2.45, 2.75) is 71.9 Å². The van der Waals surface area contributed by atoms with Crippen LogP contribution in [-0.2, 0) is 16.1 Å². The van der Waals surface area contributed by atoms with Crippen molar-refractivity contribution >= 4 is 0 Å². The van der Waals surface area contributed by atoms with Gasteiger partial charge in [-0.1, -0.05) is 45.1 Å². The van der Waals surface area contributed by atoms with Crippen molar-refractivity contribution < 1.29 is 24.4 Å². The SMILES string of the molecule is C/C=C/C[C@H](C)[C@@H](OC)[C@@H](C)[C@H](O)C[C@@H](O)[C@H](CC)COCc1ccc(OC)cc1. The van der Waals surface area contributed by atoms with Crippen molar-refractivity contribution in [3.8, 4) is 5.75 Å². The first kappa shape index (κ1) is 26.6. The van der Waals surface area contributed by atoms with Gasteiger partial charge < -0.3 is 24.4 Å². The lowest BCUT2D eigenvalue weighted by Gasteiger charge is -2.33. The standard InChI is InChI=1S/C25H42O5/c1-7-9-10-18(3)25(29-6)19(4)23(26)15-24(27)21(8-2)17-30-16-20-11-13-22(28-5)14-12-20/h7,9,11-14,18-19,21,23-27H,8,10,15-17H2,1-6H3/b9-7+/t18-,19-,21+,23+,24+,25+/m0/s1. The Bertz CT molecular complexity index is 586. The summed E-state index contributed by atoms with van der Waals surface area (Å²) in [6.45, 7) is 9.12. The normalized spacial score (nSPS) is 18.0. The van der Waals surface area contributed by atoms with Crippen molar-refractivity contribution in [3.05, 3.63) is 42.0 Å². The van der Waals surface area contributed by atoms with Crippen LogP contribution in [-0.4, -0.2) is 49.4 Å². The van der Waals surface area contributed by atoms with E-state index in [-0.39, 0.29) is 17.9 Å². The van der Waals surface area contributed by atoms with Gasteiger partial charge in [-0.2, -0.15) is 0 Å². The molecule has 30 heavy (non-hydrogen) atoms. The molecule has 0 aliphatic heterocycles. The van der Waals surface area contributed by atoms with Crippen LogP contribution in [0.2, 0.25) is 0 Å². The highest BCUT2D eigenvalue weighted by Gasteiger charge is 2.31. The average molecular weight is 423 g/mol. The van der Waals surface area contributed by atoms with Crippen molar-refractivity contribution in [1.29, 1.82) is 0 Å². The molecule has 0 aliphatic carbocycles. The number of ether oxygens (including phenoxy) is 3. The highest BCUT2D eigenvalue weighted by atomic mass is 16.5. The zero-order chi connectivity index (χ0) is 22.5. The second kappa shape index (κ2) is 14.6. The van der Waals surface area contributed by atoms with Gasteiger partial charge in [0.2, 0.25) is 0 Å². The van der Waals surface area contributed by atoms with E-state index in [9.17, 15) is 10.2 Å². The highest BCUT2D eigenvalue weighted by molar-refractivity contribution is 5.26. The summed E-state index contributed by atoms with van der Waals surface area (Å²) in [7, 11) is 3.34. The number of allylic oxidation sites excluding steroid dienone is 2. The van der Waals surface area contributed by atoms with Crippen LogP contribution in [0.4, 0.5) is 0 Å². The van der Waals surface area contributed by atoms with E-state index >= 15 is 0 Å². The first-order valence-electron chi connectivity index (χ1n) is 11.1. The Morgan fingerprint density at radius 3 is 2.23 bits per heavy atom. The molecule has 0 fully saturated rings. The Balaban J connectivity index is 2.53. The molecule has 0 bridgehead atoms. The van der Waals surface area contributed by atoms with Gasteiger partial charge in [-0.25, -0.2) is 0 Å². The summed E-state index contributed by atoms with van der Waals surface area (Å²) >= 11 is 0.